The van der Waals surface area contributed by atoms with Gasteiger partial charge in [0, 0.05) is 0 Å². The van der Waals surface area contributed by atoms with Crippen molar-refractivity contribution in [3.8, 4) is 0 Å². The van der Waals surface area contributed by atoms with Crippen molar-refractivity contribution >= 4 is 64.0 Å². The van der Waals surface area contributed by atoms with Crippen molar-refractivity contribution in [1.82, 2.24) is 0 Å². The first-order chi connectivity index (χ1) is 5.78. The van der Waals surface area contributed by atoms with E-state index in [4.69, 9.17) is 20.4 Å². The van der Waals surface area contributed by atoms with Gasteiger partial charge in [-0.1, -0.05) is 0 Å². The van der Waals surface area contributed by atoms with Gasteiger partial charge in [0.2, 0.25) is 0 Å². The molecule has 15 heavy (non-hydrogen) atoms. The number of aliphatic hydroxyl groups is 1. The Hall–Kier alpha value is -0.0975. The third-order valence-electron chi connectivity index (χ3n) is 1.29. The normalized spacial score (nSPS) is 9.40. The summed E-state index contributed by atoms with van der Waals surface area (Å²) >= 11 is 0. The van der Waals surface area contributed by atoms with E-state index in [9.17, 15) is 14.4 Å². The Morgan fingerprint density at radius 3 is 1.27 bits per heavy atom. The van der Waals surface area contributed by atoms with E-state index in [2.05, 4.69) is 0 Å². The summed E-state index contributed by atoms with van der Waals surface area (Å²) in [5, 5.41) is 33.8. The Morgan fingerprint density at radius 1 is 0.867 bits per heavy atom. The minimum Gasteiger partial charge on any atom is -0.481 e. The van der Waals surface area contributed by atoms with Crippen molar-refractivity contribution in [2.24, 2.45) is 0 Å². The smallest absolute Gasteiger partial charge is 0.336 e. The van der Waals surface area contributed by atoms with Crippen molar-refractivity contribution in [2.45, 2.75) is 18.4 Å². The Balaban J connectivity index is -0.000000720. The van der Waals surface area contributed by atoms with Crippen LogP contribution < -0.4 is 0 Å². The van der Waals surface area contributed by atoms with Gasteiger partial charge in [-0.15, -0.1) is 0 Å². The van der Waals surface area contributed by atoms with Crippen LogP contribution in [0.1, 0.15) is 12.8 Å². The minimum atomic E-state index is -2.74. The van der Waals surface area contributed by atoms with Crippen molar-refractivity contribution < 1.29 is 34.8 Å². The van der Waals surface area contributed by atoms with Gasteiger partial charge in [0.25, 0.3) is 0 Å². The Labute approximate surface area is 117 Å². The van der Waals surface area contributed by atoms with Crippen LogP contribution in [-0.4, -0.2) is 90.0 Å². The van der Waals surface area contributed by atoms with Gasteiger partial charge in [0.15, 0.2) is 5.60 Å². The number of carbonyl (C=O) groups is 3. The van der Waals surface area contributed by atoms with Crippen LogP contribution in [0.2, 0.25) is 0 Å². The van der Waals surface area contributed by atoms with Crippen LogP contribution in [0.5, 0.6) is 0 Å². The fourth-order valence-corrected chi connectivity index (χ4v) is 0.714. The SMILES string of the molecule is O=C(O)CC(O)(CC(=O)O)C(=O)O.[MgH2].[MgH2]. The highest BCUT2D eigenvalue weighted by Crippen LogP contribution is 2.15. The molecule has 0 unspecified atom stereocenters. The Kier molecular flexibility index (Phi) is 11.0. The monoisotopic (exact) mass is 244 g/mol. The molecule has 0 aromatic rings. The molecule has 0 fully saturated rings. The van der Waals surface area contributed by atoms with Gasteiger partial charge < -0.3 is 20.4 Å². The van der Waals surface area contributed by atoms with Crippen LogP contribution in [0, 0.1) is 0 Å². The average molecular weight is 245 g/mol. The quantitative estimate of drug-likeness (QED) is 0.377. The summed E-state index contributed by atoms with van der Waals surface area (Å²) in [7, 11) is 0. The second kappa shape index (κ2) is 8.10. The molecule has 0 rings (SSSR count). The zero-order chi connectivity index (χ0) is 10.6. The van der Waals surface area contributed by atoms with E-state index in [0.29, 0.717) is 0 Å². The molecule has 0 bridgehead atoms. The topological polar surface area (TPSA) is 132 Å². The molecule has 82 valence electrons. The van der Waals surface area contributed by atoms with E-state index < -0.39 is 36.4 Å². The molecule has 0 aromatic carbocycles. The number of carboxylic acids is 3. The van der Waals surface area contributed by atoms with Crippen molar-refractivity contribution in [3.05, 3.63) is 0 Å². The highest BCUT2D eigenvalue weighted by atomic mass is 24.3. The lowest BCUT2D eigenvalue weighted by molar-refractivity contribution is -0.170. The minimum absolute atomic E-state index is 0. The predicted octanol–water partition coefficient (Wildman–Crippen LogP) is -3.08. The summed E-state index contributed by atoms with van der Waals surface area (Å²) in [5.74, 6) is -5.02. The molecule has 0 saturated carbocycles. The van der Waals surface area contributed by atoms with Gasteiger partial charge in [-0.2, -0.15) is 0 Å². The number of rotatable bonds is 5. The maximum Gasteiger partial charge on any atom is 0.336 e. The van der Waals surface area contributed by atoms with Crippen LogP contribution in [-0.2, 0) is 14.4 Å². The number of hydrogen-bond acceptors (Lipinski definition) is 4. The van der Waals surface area contributed by atoms with Crippen LogP contribution in [0.15, 0.2) is 0 Å². The van der Waals surface area contributed by atoms with Crippen molar-refractivity contribution in [1.29, 1.82) is 0 Å². The number of hydrogen-bond donors (Lipinski definition) is 4. The molecule has 7 nitrogen and oxygen atoms in total. The highest BCUT2D eigenvalue weighted by molar-refractivity contribution is 5.88. The van der Waals surface area contributed by atoms with E-state index in [0.717, 1.165) is 0 Å². The van der Waals surface area contributed by atoms with E-state index >= 15 is 0 Å². The predicted molar refractivity (Wildman–Crippen MR) is 54.2 cm³/mol. The lowest BCUT2D eigenvalue weighted by Gasteiger charge is -2.18. The van der Waals surface area contributed by atoms with Crippen molar-refractivity contribution in [2.75, 3.05) is 0 Å². The molecule has 0 aromatic heterocycles. The van der Waals surface area contributed by atoms with Crippen molar-refractivity contribution in [3.63, 3.8) is 0 Å². The van der Waals surface area contributed by atoms with Gasteiger partial charge in [0.05, 0.1) is 12.8 Å². The summed E-state index contributed by atoms with van der Waals surface area (Å²) in [6.45, 7) is 0. The van der Waals surface area contributed by atoms with Gasteiger partial charge >= 0.3 is 64.0 Å². The molecule has 0 aliphatic carbocycles. The van der Waals surface area contributed by atoms with Crippen LogP contribution >= 0.6 is 0 Å². The number of aliphatic carboxylic acids is 3. The Morgan fingerprint density at radius 2 is 1.13 bits per heavy atom. The van der Waals surface area contributed by atoms with E-state index in [1.807, 2.05) is 0 Å². The fourth-order valence-electron chi connectivity index (χ4n) is 0.714. The summed E-state index contributed by atoms with van der Waals surface area (Å²) in [4.78, 5) is 30.5. The molecule has 0 radical (unpaired) electrons. The fraction of sp³-hybridized carbons (Fsp3) is 0.500. The first-order valence-corrected chi connectivity index (χ1v) is 3.17. The lowest BCUT2D eigenvalue weighted by atomic mass is 9.96. The third-order valence-corrected chi connectivity index (χ3v) is 1.29. The van der Waals surface area contributed by atoms with Crippen LogP contribution in [0.4, 0.5) is 0 Å². The summed E-state index contributed by atoms with van der Waals surface area (Å²) in [5.41, 5.74) is -2.74. The second-order valence-corrected chi connectivity index (χ2v) is 2.48. The van der Waals surface area contributed by atoms with Gasteiger partial charge in [-0.25, -0.2) is 4.79 Å². The first kappa shape index (κ1) is 20.3. The van der Waals surface area contributed by atoms with E-state index in [-0.39, 0.29) is 46.1 Å². The molecule has 9 heteroatoms. The zero-order valence-electron chi connectivity index (χ0n) is 6.43. The summed E-state index contributed by atoms with van der Waals surface area (Å²) < 4.78 is 0. The second-order valence-electron chi connectivity index (χ2n) is 2.48. The zero-order valence-corrected chi connectivity index (χ0v) is 6.43. The molecule has 4 N–H and O–H groups in total. The standard InChI is InChI=1S/C6H8O7.2Mg.4H/c7-3(8)1-6(13,5(11)12)2-4(9)10;;;;;;/h13H,1-2H2,(H,7,8)(H,9,10)(H,11,12);;;;;;. The van der Waals surface area contributed by atoms with Crippen LogP contribution in [0.3, 0.4) is 0 Å². The van der Waals surface area contributed by atoms with E-state index in [1.54, 1.807) is 0 Å². The van der Waals surface area contributed by atoms with Gasteiger partial charge in [0.1, 0.15) is 0 Å². The van der Waals surface area contributed by atoms with Crippen LogP contribution in [0.25, 0.3) is 0 Å². The molecular formula is C6H12Mg2O7. The molecular weight excluding hydrogens is 233 g/mol. The first-order valence-electron chi connectivity index (χ1n) is 3.17. The summed E-state index contributed by atoms with van der Waals surface area (Å²) in [6.07, 6.45) is -2.29. The highest BCUT2D eigenvalue weighted by Gasteiger charge is 2.40. The Bertz CT molecular complexity index is 236. The average Bonchev–Trinajstić information content (AvgIpc) is 1.82. The molecule has 0 amide bonds. The third kappa shape index (κ3) is 7.79. The lowest BCUT2D eigenvalue weighted by Crippen LogP contribution is -2.42. The maximum atomic E-state index is 10.3. The largest absolute Gasteiger partial charge is 0.481 e. The van der Waals surface area contributed by atoms with Gasteiger partial charge in [-0.3, -0.25) is 9.59 Å². The summed E-state index contributed by atoms with van der Waals surface area (Å²) in [6, 6.07) is 0. The molecule has 0 spiro atoms. The van der Waals surface area contributed by atoms with E-state index in [1.165, 1.54) is 0 Å². The molecule has 0 saturated heterocycles. The maximum absolute atomic E-state index is 10.3. The molecule has 0 aliphatic rings. The number of carboxylic acid groups (broad SMARTS) is 3. The molecule has 0 atom stereocenters. The molecule has 0 aliphatic heterocycles. The van der Waals surface area contributed by atoms with Gasteiger partial charge in [-0.05, 0) is 0 Å². The molecule has 0 heterocycles.